The second-order valence-electron chi connectivity index (χ2n) is 4.28. The fourth-order valence-corrected chi connectivity index (χ4v) is 2.49. The number of aryl methyl sites for hydroxylation is 1. The molecule has 2 N–H and O–H groups in total. The van der Waals surface area contributed by atoms with Crippen molar-refractivity contribution in [2.45, 2.75) is 20.4 Å². The summed E-state index contributed by atoms with van der Waals surface area (Å²) in [5.41, 5.74) is 2.13. The summed E-state index contributed by atoms with van der Waals surface area (Å²) in [6, 6.07) is 6.91. The molecule has 0 saturated heterocycles. The fourth-order valence-electron chi connectivity index (χ4n) is 1.72. The molecule has 19 heavy (non-hydrogen) atoms. The number of carbonyl (C=O) groups excluding carboxylic acids is 1. The van der Waals surface area contributed by atoms with Crippen LogP contribution in [0.4, 0.5) is 15.8 Å². The van der Waals surface area contributed by atoms with E-state index >= 15 is 0 Å². The molecule has 0 aliphatic carbocycles. The lowest BCUT2D eigenvalue weighted by Crippen LogP contribution is -2.08. The molecule has 5 heteroatoms. The molecule has 0 spiro atoms. The van der Waals surface area contributed by atoms with Crippen molar-refractivity contribution in [3.05, 3.63) is 45.9 Å². The van der Waals surface area contributed by atoms with Gasteiger partial charge in [-0.3, -0.25) is 4.79 Å². The lowest BCUT2D eigenvalue weighted by atomic mass is 10.2. The molecular formula is C14H15FN2OS. The van der Waals surface area contributed by atoms with Crippen molar-refractivity contribution in [1.82, 2.24) is 0 Å². The van der Waals surface area contributed by atoms with Crippen molar-refractivity contribution < 1.29 is 9.18 Å². The van der Waals surface area contributed by atoms with Crippen molar-refractivity contribution in [2.24, 2.45) is 0 Å². The van der Waals surface area contributed by atoms with Crippen molar-refractivity contribution >= 4 is 28.6 Å². The third-order valence-corrected chi connectivity index (χ3v) is 3.54. The van der Waals surface area contributed by atoms with Gasteiger partial charge in [0.1, 0.15) is 5.82 Å². The Hall–Kier alpha value is -1.88. The van der Waals surface area contributed by atoms with Gasteiger partial charge in [-0.15, -0.1) is 11.3 Å². The van der Waals surface area contributed by atoms with Gasteiger partial charge in [0.15, 0.2) is 0 Å². The number of anilines is 2. The zero-order valence-electron chi connectivity index (χ0n) is 10.8. The molecule has 2 rings (SSSR count). The second kappa shape index (κ2) is 5.84. The molecule has 2 aromatic rings. The first-order chi connectivity index (χ1) is 9.06. The third-order valence-electron chi connectivity index (χ3n) is 2.62. The molecule has 1 heterocycles. The highest BCUT2D eigenvalue weighted by Crippen LogP contribution is 2.24. The highest BCUT2D eigenvalue weighted by Gasteiger charge is 2.07. The van der Waals surface area contributed by atoms with Crippen LogP contribution in [0.5, 0.6) is 0 Å². The number of nitrogens with one attached hydrogen (secondary N) is 2. The van der Waals surface area contributed by atoms with Crippen molar-refractivity contribution in [3.8, 4) is 0 Å². The molecule has 1 amide bonds. The Labute approximate surface area is 115 Å². The lowest BCUT2D eigenvalue weighted by Gasteiger charge is -2.09. The van der Waals surface area contributed by atoms with Crippen molar-refractivity contribution in [1.29, 1.82) is 0 Å². The molecule has 100 valence electrons. The molecule has 0 bridgehead atoms. The third kappa shape index (κ3) is 3.54. The zero-order valence-corrected chi connectivity index (χ0v) is 11.6. The van der Waals surface area contributed by atoms with Crippen LogP contribution in [-0.4, -0.2) is 5.91 Å². The van der Waals surface area contributed by atoms with Gasteiger partial charge in [0, 0.05) is 11.8 Å². The zero-order chi connectivity index (χ0) is 13.8. The van der Waals surface area contributed by atoms with Crippen LogP contribution in [0.25, 0.3) is 0 Å². The number of thiophene rings is 1. The summed E-state index contributed by atoms with van der Waals surface area (Å²) in [6.45, 7) is 3.79. The average molecular weight is 278 g/mol. The van der Waals surface area contributed by atoms with Gasteiger partial charge in [-0.25, -0.2) is 4.39 Å². The van der Waals surface area contributed by atoms with Gasteiger partial charge in [0.05, 0.1) is 17.9 Å². The quantitative estimate of drug-likeness (QED) is 0.894. The van der Waals surface area contributed by atoms with Gasteiger partial charge >= 0.3 is 0 Å². The number of amides is 1. The van der Waals surface area contributed by atoms with Gasteiger partial charge in [0.25, 0.3) is 0 Å². The standard InChI is InChI=1S/C14H15FN2OS/c1-9-3-4-12(11(15)7-9)16-8-14-13(5-6-19-14)17-10(2)18/h3-7,16H,8H2,1-2H3,(H,17,18). The highest BCUT2D eigenvalue weighted by atomic mass is 32.1. The van der Waals surface area contributed by atoms with Gasteiger partial charge in [0.2, 0.25) is 5.91 Å². The summed E-state index contributed by atoms with van der Waals surface area (Å²) in [4.78, 5) is 12.0. The summed E-state index contributed by atoms with van der Waals surface area (Å²) in [6.07, 6.45) is 0. The molecule has 0 unspecified atom stereocenters. The summed E-state index contributed by atoms with van der Waals surface area (Å²) in [5.74, 6) is -0.376. The van der Waals surface area contributed by atoms with Crippen molar-refractivity contribution in [3.63, 3.8) is 0 Å². The van der Waals surface area contributed by atoms with E-state index in [0.29, 0.717) is 12.2 Å². The molecule has 0 fully saturated rings. The van der Waals surface area contributed by atoms with Gasteiger partial charge in [-0.1, -0.05) is 6.07 Å². The Balaban J connectivity index is 2.06. The van der Waals surface area contributed by atoms with Crippen LogP contribution in [0, 0.1) is 12.7 Å². The van der Waals surface area contributed by atoms with E-state index in [2.05, 4.69) is 10.6 Å². The molecule has 0 aliphatic heterocycles. The number of hydrogen-bond acceptors (Lipinski definition) is 3. The average Bonchev–Trinajstić information content (AvgIpc) is 2.74. The van der Waals surface area contributed by atoms with Gasteiger partial charge < -0.3 is 10.6 Å². The molecule has 0 atom stereocenters. The van der Waals surface area contributed by atoms with Gasteiger partial charge in [-0.2, -0.15) is 0 Å². The van der Waals surface area contributed by atoms with Crippen LogP contribution < -0.4 is 10.6 Å². The Morgan fingerprint density at radius 3 is 2.79 bits per heavy atom. The first-order valence-corrected chi connectivity index (χ1v) is 6.78. The number of hydrogen-bond donors (Lipinski definition) is 2. The smallest absolute Gasteiger partial charge is 0.221 e. The minimum atomic E-state index is -0.266. The maximum Gasteiger partial charge on any atom is 0.221 e. The monoisotopic (exact) mass is 278 g/mol. The normalized spacial score (nSPS) is 10.3. The largest absolute Gasteiger partial charge is 0.378 e. The Morgan fingerprint density at radius 2 is 2.11 bits per heavy atom. The lowest BCUT2D eigenvalue weighted by molar-refractivity contribution is -0.114. The van der Waals surface area contributed by atoms with Crippen LogP contribution in [0.3, 0.4) is 0 Å². The van der Waals surface area contributed by atoms with Crippen LogP contribution in [0.2, 0.25) is 0 Å². The molecule has 0 aliphatic rings. The number of rotatable bonds is 4. The van der Waals surface area contributed by atoms with E-state index in [4.69, 9.17) is 0 Å². The van der Waals surface area contributed by atoms with Crippen molar-refractivity contribution in [2.75, 3.05) is 10.6 Å². The summed E-state index contributed by atoms with van der Waals surface area (Å²) >= 11 is 1.52. The highest BCUT2D eigenvalue weighted by molar-refractivity contribution is 7.10. The van der Waals surface area contributed by atoms with E-state index < -0.39 is 0 Å². The SMILES string of the molecule is CC(=O)Nc1ccsc1CNc1ccc(C)cc1F. The molecule has 3 nitrogen and oxygen atoms in total. The maximum atomic E-state index is 13.7. The van der Waals surface area contributed by atoms with E-state index in [-0.39, 0.29) is 11.7 Å². The summed E-state index contributed by atoms with van der Waals surface area (Å²) in [5, 5.41) is 7.69. The van der Waals surface area contributed by atoms with Gasteiger partial charge in [-0.05, 0) is 36.1 Å². The minimum absolute atomic E-state index is 0.110. The minimum Gasteiger partial charge on any atom is -0.378 e. The van der Waals surface area contributed by atoms with Crippen LogP contribution in [-0.2, 0) is 11.3 Å². The van der Waals surface area contributed by atoms with E-state index in [0.717, 1.165) is 16.1 Å². The number of carbonyl (C=O) groups is 1. The maximum absolute atomic E-state index is 13.7. The topological polar surface area (TPSA) is 41.1 Å². The first kappa shape index (κ1) is 13.5. The van der Waals surface area contributed by atoms with E-state index in [1.165, 1.54) is 24.3 Å². The Bertz CT molecular complexity index is 595. The first-order valence-electron chi connectivity index (χ1n) is 5.90. The predicted octanol–water partition coefficient (Wildman–Crippen LogP) is 3.77. The van der Waals surface area contributed by atoms with E-state index in [1.807, 2.05) is 24.4 Å². The molecule has 0 radical (unpaired) electrons. The molecule has 1 aromatic carbocycles. The molecule has 0 saturated carbocycles. The Kier molecular flexibility index (Phi) is 4.16. The van der Waals surface area contributed by atoms with Crippen LogP contribution >= 0.6 is 11.3 Å². The van der Waals surface area contributed by atoms with Crippen LogP contribution in [0.15, 0.2) is 29.6 Å². The molecule has 1 aromatic heterocycles. The van der Waals surface area contributed by atoms with E-state index in [9.17, 15) is 9.18 Å². The molecular weight excluding hydrogens is 263 g/mol. The number of halogens is 1. The summed E-state index contributed by atoms with van der Waals surface area (Å²) in [7, 11) is 0. The van der Waals surface area contributed by atoms with E-state index in [1.54, 1.807) is 6.07 Å². The van der Waals surface area contributed by atoms with Crippen LogP contribution in [0.1, 0.15) is 17.4 Å². The second-order valence-corrected chi connectivity index (χ2v) is 5.28. The number of benzene rings is 1. The summed E-state index contributed by atoms with van der Waals surface area (Å²) < 4.78 is 13.7. The predicted molar refractivity (Wildman–Crippen MR) is 77.1 cm³/mol. The fraction of sp³-hybridized carbons (Fsp3) is 0.214. The Morgan fingerprint density at radius 1 is 1.32 bits per heavy atom.